The monoisotopic (exact) mass is 291 g/mol. The average molecular weight is 292 g/mol. The predicted octanol–water partition coefficient (Wildman–Crippen LogP) is 3.32. The summed E-state index contributed by atoms with van der Waals surface area (Å²) in [6.45, 7) is 2.02. The van der Waals surface area contributed by atoms with E-state index in [1.807, 2.05) is 43.6 Å². The van der Waals surface area contributed by atoms with Crippen LogP contribution in [0.5, 0.6) is 0 Å². The largest absolute Gasteiger partial charge is 0.321 e. The molecule has 0 amide bonds. The van der Waals surface area contributed by atoms with Gasteiger partial charge in [0.05, 0.1) is 6.04 Å². The summed E-state index contributed by atoms with van der Waals surface area (Å²) in [5.41, 5.74) is 7.98. The van der Waals surface area contributed by atoms with Crippen LogP contribution in [0.4, 0.5) is 0 Å². The number of nitrogens with two attached hydrogens (primary N) is 1. The first-order valence-electron chi connectivity index (χ1n) is 5.54. The normalized spacial score (nSPS) is 12.4. The number of rotatable bonds is 3. The Kier molecular flexibility index (Phi) is 3.86. The van der Waals surface area contributed by atoms with E-state index in [9.17, 15) is 0 Å². The van der Waals surface area contributed by atoms with Crippen LogP contribution in [-0.4, -0.2) is 9.97 Å². The summed E-state index contributed by atoms with van der Waals surface area (Å²) in [6, 6.07) is 7.99. The first-order valence-corrected chi connectivity index (χ1v) is 6.33. The predicted molar refractivity (Wildman–Crippen MR) is 72.4 cm³/mol. The highest BCUT2D eigenvalue weighted by Gasteiger charge is 2.06. The molecular weight excluding hydrogens is 278 g/mol. The van der Waals surface area contributed by atoms with E-state index < -0.39 is 0 Å². The van der Waals surface area contributed by atoms with Gasteiger partial charge in [-0.1, -0.05) is 35.0 Å². The molecule has 1 aromatic carbocycles. The van der Waals surface area contributed by atoms with Gasteiger partial charge in [0.2, 0.25) is 0 Å². The molecule has 0 bridgehead atoms. The third-order valence-electron chi connectivity index (χ3n) is 2.62. The summed E-state index contributed by atoms with van der Waals surface area (Å²) < 4.78 is 1.06. The quantitative estimate of drug-likeness (QED) is 0.944. The minimum absolute atomic E-state index is 0.0750. The maximum atomic E-state index is 5.87. The van der Waals surface area contributed by atoms with Crippen LogP contribution < -0.4 is 5.73 Å². The smallest absolute Gasteiger partial charge is 0.144 e. The minimum atomic E-state index is -0.0750. The lowest BCUT2D eigenvalue weighted by Crippen LogP contribution is -2.12. The molecule has 0 fully saturated rings. The van der Waals surface area contributed by atoms with Crippen LogP contribution in [0.3, 0.4) is 0 Å². The zero-order valence-corrected chi connectivity index (χ0v) is 11.2. The van der Waals surface area contributed by atoms with Crippen molar-refractivity contribution in [3.8, 4) is 11.1 Å². The van der Waals surface area contributed by atoms with Crippen LogP contribution in [0.1, 0.15) is 25.2 Å². The summed E-state index contributed by atoms with van der Waals surface area (Å²) in [5, 5.41) is 0. The molecule has 1 aromatic heterocycles. The second-order valence-electron chi connectivity index (χ2n) is 3.85. The van der Waals surface area contributed by atoms with E-state index in [1.54, 1.807) is 0 Å². The second-order valence-corrected chi connectivity index (χ2v) is 4.77. The summed E-state index contributed by atoms with van der Waals surface area (Å²) in [6.07, 6.45) is 4.49. The van der Waals surface area contributed by atoms with Gasteiger partial charge in [-0.2, -0.15) is 0 Å². The molecule has 17 heavy (non-hydrogen) atoms. The van der Waals surface area contributed by atoms with Gasteiger partial charge >= 0.3 is 0 Å². The van der Waals surface area contributed by atoms with E-state index in [0.717, 1.165) is 22.0 Å². The van der Waals surface area contributed by atoms with E-state index in [2.05, 4.69) is 25.9 Å². The van der Waals surface area contributed by atoms with Crippen molar-refractivity contribution in [2.24, 2.45) is 5.73 Å². The lowest BCUT2D eigenvalue weighted by Gasteiger charge is -2.07. The Hall–Kier alpha value is -1.26. The van der Waals surface area contributed by atoms with Gasteiger partial charge in [0.15, 0.2) is 0 Å². The van der Waals surface area contributed by atoms with Crippen molar-refractivity contribution in [1.82, 2.24) is 9.97 Å². The number of nitrogens with zero attached hydrogens (tertiary/aromatic N) is 2. The third kappa shape index (κ3) is 2.90. The van der Waals surface area contributed by atoms with Crippen LogP contribution in [0, 0.1) is 0 Å². The average Bonchev–Trinajstić information content (AvgIpc) is 2.39. The molecule has 1 heterocycles. The summed E-state index contributed by atoms with van der Waals surface area (Å²) in [7, 11) is 0. The van der Waals surface area contributed by atoms with Crippen molar-refractivity contribution in [2.45, 2.75) is 19.4 Å². The lowest BCUT2D eigenvalue weighted by molar-refractivity contribution is 0.649. The van der Waals surface area contributed by atoms with Crippen molar-refractivity contribution in [1.29, 1.82) is 0 Å². The Bertz CT molecular complexity index is 479. The molecule has 2 aromatic rings. The Balaban J connectivity index is 2.26. The molecule has 0 saturated carbocycles. The molecule has 1 atom stereocenters. The van der Waals surface area contributed by atoms with Crippen LogP contribution in [-0.2, 0) is 0 Å². The minimum Gasteiger partial charge on any atom is -0.321 e. The van der Waals surface area contributed by atoms with Crippen molar-refractivity contribution in [2.75, 3.05) is 0 Å². The maximum absolute atomic E-state index is 5.87. The first-order chi connectivity index (χ1) is 8.20. The first kappa shape index (κ1) is 12.2. The van der Waals surface area contributed by atoms with Gasteiger partial charge < -0.3 is 5.73 Å². The molecule has 0 aliphatic carbocycles. The third-order valence-corrected chi connectivity index (χ3v) is 3.15. The summed E-state index contributed by atoms with van der Waals surface area (Å²) in [4.78, 5) is 8.60. The van der Waals surface area contributed by atoms with Crippen LogP contribution in [0.2, 0.25) is 0 Å². The summed E-state index contributed by atoms with van der Waals surface area (Å²) in [5.74, 6) is 0.702. The van der Waals surface area contributed by atoms with E-state index in [4.69, 9.17) is 5.73 Å². The Morgan fingerprint density at radius 3 is 2.24 bits per heavy atom. The molecule has 2 N–H and O–H groups in total. The number of benzene rings is 1. The van der Waals surface area contributed by atoms with Crippen molar-refractivity contribution >= 4 is 15.9 Å². The molecule has 4 heteroatoms. The summed E-state index contributed by atoms with van der Waals surface area (Å²) >= 11 is 3.41. The lowest BCUT2D eigenvalue weighted by atomic mass is 10.1. The molecule has 88 valence electrons. The zero-order chi connectivity index (χ0) is 12.3. The second kappa shape index (κ2) is 5.38. The molecule has 0 aliphatic heterocycles. The van der Waals surface area contributed by atoms with E-state index >= 15 is 0 Å². The number of halogens is 1. The van der Waals surface area contributed by atoms with Crippen LogP contribution >= 0.6 is 15.9 Å². The van der Waals surface area contributed by atoms with Crippen molar-refractivity contribution in [3.63, 3.8) is 0 Å². The highest BCUT2D eigenvalue weighted by Crippen LogP contribution is 2.21. The van der Waals surface area contributed by atoms with Gasteiger partial charge in [0, 0.05) is 22.4 Å². The van der Waals surface area contributed by atoms with Gasteiger partial charge in [-0.3, -0.25) is 0 Å². The molecule has 3 nitrogen and oxygen atoms in total. The maximum Gasteiger partial charge on any atom is 0.144 e. The standard InChI is InChI=1S/C13H14BrN3/c1-2-12(15)13-16-7-10(8-17-13)9-3-5-11(14)6-4-9/h3-8,12H,2,15H2,1H3. The van der Waals surface area contributed by atoms with Gasteiger partial charge in [-0.05, 0) is 24.1 Å². The van der Waals surface area contributed by atoms with Crippen LogP contribution in [0.15, 0.2) is 41.1 Å². The topological polar surface area (TPSA) is 51.8 Å². The molecule has 0 spiro atoms. The SMILES string of the molecule is CCC(N)c1ncc(-c2ccc(Br)cc2)cn1. The fourth-order valence-corrected chi connectivity index (χ4v) is 1.77. The van der Waals surface area contributed by atoms with Crippen LogP contribution in [0.25, 0.3) is 11.1 Å². The van der Waals surface area contributed by atoms with Gasteiger partial charge in [-0.15, -0.1) is 0 Å². The van der Waals surface area contributed by atoms with E-state index in [0.29, 0.717) is 5.82 Å². The van der Waals surface area contributed by atoms with Crippen molar-refractivity contribution in [3.05, 3.63) is 47.0 Å². The molecule has 0 saturated heterocycles. The molecular formula is C13H14BrN3. The van der Waals surface area contributed by atoms with Gasteiger partial charge in [-0.25, -0.2) is 9.97 Å². The fourth-order valence-electron chi connectivity index (χ4n) is 1.50. The number of hydrogen-bond donors (Lipinski definition) is 1. The fraction of sp³-hybridized carbons (Fsp3) is 0.231. The molecule has 0 radical (unpaired) electrons. The van der Waals surface area contributed by atoms with E-state index in [-0.39, 0.29) is 6.04 Å². The van der Waals surface area contributed by atoms with E-state index in [1.165, 1.54) is 0 Å². The number of aromatic nitrogens is 2. The van der Waals surface area contributed by atoms with Gasteiger partial charge in [0.1, 0.15) is 5.82 Å². The van der Waals surface area contributed by atoms with Gasteiger partial charge in [0.25, 0.3) is 0 Å². The number of hydrogen-bond acceptors (Lipinski definition) is 3. The molecule has 2 rings (SSSR count). The Morgan fingerprint density at radius 2 is 1.71 bits per heavy atom. The Morgan fingerprint density at radius 1 is 1.12 bits per heavy atom. The highest BCUT2D eigenvalue weighted by atomic mass is 79.9. The zero-order valence-electron chi connectivity index (χ0n) is 9.60. The molecule has 0 aliphatic rings. The Labute approximate surface area is 109 Å². The van der Waals surface area contributed by atoms with Crippen molar-refractivity contribution < 1.29 is 0 Å². The molecule has 1 unspecified atom stereocenters. The highest BCUT2D eigenvalue weighted by molar-refractivity contribution is 9.10.